The number of benzene rings is 2. The van der Waals surface area contributed by atoms with Crippen LogP contribution in [0.1, 0.15) is 38.1 Å². The summed E-state index contributed by atoms with van der Waals surface area (Å²) in [5, 5.41) is 11.5. The molecular formula is C30H26BrN3O8S. The van der Waals surface area contributed by atoms with Crippen molar-refractivity contribution >= 4 is 45.0 Å². The van der Waals surface area contributed by atoms with E-state index in [0.717, 1.165) is 11.3 Å². The number of fused-ring (bicyclic) bond motifs is 1. The third-order valence-corrected chi connectivity index (χ3v) is 8.33. The third-order valence-electron chi connectivity index (χ3n) is 6.66. The second kappa shape index (κ2) is 12.4. The Morgan fingerprint density at radius 1 is 1.19 bits per heavy atom. The fourth-order valence-corrected chi connectivity index (χ4v) is 6.39. The molecule has 0 bridgehead atoms. The van der Waals surface area contributed by atoms with E-state index in [1.54, 1.807) is 62.4 Å². The van der Waals surface area contributed by atoms with Crippen LogP contribution in [0.25, 0.3) is 17.4 Å². The number of methoxy groups -OCH3 is 1. The number of carbonyl (C=O) groups is 1. The number of hydrogen-bond acceptors (Lipinski definition) is 10. The normalized spacial score (nSPS) is 14.7. The molecular weight excluding hydrogens is 642 g/mol. The van der Waals surface area contributed by atoms with Crippen molar-refractivity contribution in [1.82, 2.24) is 4.57 Å². The van der Waals surface area contributed by atoms with Gasteiger partial charge in [-0.15, -0.1) is 0 Å². The fourth-order valence-electron chi connectivity index (χ4n) is 4.82. The van der Waals surface area contributed by atoms with Gasteiger partial charge in [0.25, 0.3) is 11.2 Å². The molecule has 0 unspecified atom stereocenters. The van der Waals surface area contributed by atoms with Gasteiger partial charge >= 0.3 is 5.97 Å². The number of nitrogens with zero attached hydrogens (tertiary/aromatic N) is 3. The van der Waals surface area contributed by atoms with E-state index in [2.05, 4.69) is 20.9 Å². The molecule has 0 saturated carbocycles. The number of thiazole rings is 1. The van der Waals surface area contributed by atoms with E-state index in [-0.39, 0.29) is 23.6 Å². The molecule has 1 aliphatic rings. The smallest absolute Gasteiger partial charge is 0.338 e. The maximum Gasteiger partial charge on any atom is 0.338 e. The number of nitro groups is 1. The summed E-state index contributed by atoms with van der Waals surface area (Å²) >= 11 is 4.73. The summed E-state index contributed by atoms with van der Waals surface area (Å²) in [6.07, 6.45) is 1.55. The number of carbonyl (C=O) groups excluding carboxylic acids is 1. The summed E-state index contributed by atoms with van der Waals surface area (Å²) in [5.74, 6) is 0.940. The van der Waals surface area contributed by atoms with Gasteiger partial charge in [-0.3, -0.25) is 19.5 Å². The van der Waals surface area contributed by atoms with Gasteiger partial charge in [-0.1, -0.05) is 39.4 Å². The van der Waals surface area contributed by atoms with Gasteiger partial charge in [0.1, 0.15) is 11.5 Å². The lowest BCUT2D eigenvalue weighted by Crippen LogP contribution is -2.40. The molecule has 0 aliphatic carbocycles. The Morgan fingerprint density at radius 2 is 1.95 bits per heavy atom. The summed E-state index contributed by atoms with van der Waals surface area (Å²) in [6, 6.07) is 12.1. The molecule has 0 radical (unpaired) electrons. The zero-order valence-electron chi connectivity index (χ0n) is 23.6. The summed E-state index contributed by atoms with van der Waals surface area (Å²) < 4.78 is 24.9. The minimum absolute atomic E-state index is 0.0962. The average molecular weight is 669 g/mol. The number of allylic oxidation sites excluding steroid dienone is 1. The second-order valence-electron chi connectivity index (χ2n) is 9.24. The second-order valence-corrected chi connectivity index (χ2v) is 11.1. The minimum atomic E-state index is -0.893. The van der Waals surface area contributed by atoms with Crippen molar-refractivity contribution in [3.05, 3.63) is 105 Å². The van der Waals surface area contributed by atoms with Crippen molar-refractivity contribution in [3.63, 3.8) is 0 Å². The predicted molar refractivity (Wildman–Crippen MR) is 163 cm³/mol. The lowest BCUT2D eigenvalue weighted by atomic mass is 9.95. The van der Waals surface area contributed by atoms with Gasteiger partial charge in [0.2, 0.25) is 0 Å². The Bertz CT molecular complexity index is 1960. The van der Waals surface area contributed by atoms with Gasteiger partial charge in [0.15, 0.2) is 16.3 Å². The van der Waals surface area contributed by atoms with E-state index in [1.807, 2.05) is 6.92 Å². The fraction of sp³-hybridized carbons (Fsp3) is 0.233. The van der Waals surface area contributed by atoms with Crippen LogP contribution in [0, 0.1) is 10.1 Å². The summed E-state index contributed by atoms with van der Waals surface area (Å²) in [7, 11) is 1.51. The van der Waals surface area contributed by atoms with E-state index in [4.69, 9.17) is 18.6 Å². The standard InChI is InChI=1S/C30H26BrN3O8S/c1-5-40-24-15-20(31)19(14-23(24)39-4)27-26(29(36)41-6-2)16(3)32-30-33(27)28(35)25(43-30)13-17-11-12-22(42-17)18-9-7-8-10-21(18)34(37)38/h7-15,27H,5-6H2,1-4H3/b25-13+/t27-/m0/s1. The van der Waals surface area contributed by atoms with Crippen LogP contribution < -0.4 is 24.4 Å². The molecule has 1 atom stereocenters. The SMILES string of the molecule is CCOC(=O)C1=C(C)N=c2s/c(=C/c3ccc(-c4ccccc4[N+](=O)[O-])o3)c(=O)n2[C@H]1c1cc(OC)c(OCC)cc1Br. The Balaban J connectivity index is 1.68. The first-order valence-electron chi connectivity index (χ1n) is 13.2. The maximum absolute atomic E-state index is 14.0. The molecule has 0 amide bonds. The van der Waals surface area contributed by atoms with E-state index >= 15 is 0 Å². The first-order valence-corrected chi connectivity index (χ1v) is 14.8. The Labute approximate surface area is 257 Å². The molecule has 43 heavy (non-hydrogen) atoms. The van der Waals surface area contributed by atoms with Crippen molar-refractivity contribution in [1.29, 1.82) is 0 Å². The lowest BCUT2D eigenvalue weighted by molar-refractivity contribution is -0.384. The van der Waals surface area contributed by atoms with Gasteiger partial charge < -0.3 is 18.6 Å². The monoisotopic (exact) mass is 667 g/mol. The van der Waals surface area contributed by atoms with E-state index < -0.39 is 22.5 Å². The number of halogens is 1. The van der Waals surface area contributed by atoms with Crippen molar-refractivity contribution in [2.24, 2.45) is 4.99 Å². The van der Waals surface area contributed by atoms with Crippen LogP contribution in [0.15, 0.2) is 78.5 Å². The molecule has 5 rings (SSSR count). The molecule has 222 valence electrons. The van der Waals surface area contributed by atoms with Crippen molar-refractivity contribution < 1.29 is 28.3 Å². The van der Waals surface area contributed by atoms with Gasteiger partial charge in [0.05, 0.1) is 52.7 Å². The van der Waals surface area contributed by atoms with Crippen LogP contribution in [-0.2, 0) is 9.53 Å². The van der Waals surface area contributed by atoms with Crippen molar-refractivity contribution in [3.8, 4) is 22.8 Å². The highest BCUT2D eigenvalue weighted by molar-refractivity contribution is 9.10. The van der Waals surface area contributed by atoms with E-state index in [1.165, 1.54) is 17.7 Å². The number of para-hydroxylation sites is 1. The van der Waals surface area contributed by atoms with Gasteiger partial charge in [-0.25, -0.2) is 9.79 Å². The topological polar surface area (TPSA) is 135 Å². The molecule has 0 fully saturated rings. The predicted octanol–water partition coefficient (Wildman–Crippen LogP) is 5.14. The zero-order chi connectivity index (χ0) is 30.8. The van der Waals surface area contributed by atoms with Crippen LogP contribution >= 0.6 is 27.3 Å². The maximum atomic E-state index is 14.0. The van der Waals surface area contributed by atoms with Gasteiger partial charge in [0, 0.05) is 16.6 Å². The molecule has 2 aromatic carbocycles. The molecule has 2 aromatic heterocycles. The van der Waals surface area contributed by atoms with Crippen LogP contribution in [0.4, 0.5) is 5.69 Å². The molecule has 0 saturated heterocycles. The molecule has 3 heterocycles. The first-order chi connectivity index (χ1) is 20.7. The number of furan rings is 1. The van der Waals surface area contributed by atoms with Crippen LogP contribution in [0.3, 0.4) is 0 Å². The summed E-state index contributed by atoms with van der Waals surface area (Å²) in [5.41, 5.74) is 1.00. The number of esters is 1. The number of aromatic nitrogens is 1. The van der Waals surface area contributed by atoms with E-state index in [9.17, 15) is 19.7 Å². The number of rotatable bonds is 9. The number of nitro benzene ring substituents is 1. The number of hydrogen-bond donors (Lipinski definition) is 0. The lowest BCUT2D eigenvalue weighted by Gasteiger charge is -2.26. The number of ether oxygens (including phenoxy) is 3. The van der Waals surface area contributed by atoms with E-state index in [0.29, 0.717) is 54.5 Å². The van der Waals surface area contributed by atoms with Crippen LogP contribution in [0.5, 0.6) is 11.5 Å². The molecule has 1 aliphatic heterocycles. The highest BCUT2D eigenvalue weighted by Gasteiger charge is 2.35. The third kappa shape index (κ3) is 5.65. The summed E-state index contributed by atoms with van der Waals surface area (Å²) in [4.78, 5) is 43.3. The van der Waals surface area contributed by atoms with Gasteiger partial charge in [-0.05, 0) is 56.7 Å². The van der Waals surface area contributed by atoms with Crippen molar-refractivity contribution in [2.45, 2.75) is 26.8 Å². The Kier molecular flexibility index (Phi) is 8.64. The largest absolute Gasteiger partial charge is 0.493 e. The minimum Gasteiger partial charge on any atom is -0.493 e. The molecule has 11 nitrogen and oxygen atoms in total. The van der Waals surface area contributed by atoms with Crippen LogP contribution in [-0.4, -0.2) is 35.8 Å². The van der Waals surface area contributed by atoms with Crippen molar-refractivity contribution in [2.75, 3.05) is 20.3 Å². The molecule has 0 spiro atoms. The zero-order valence-corrected chi connectivity index (χ0v) is 26.0. The highest BCUT2D eigenvalue weighted by atomic mass is 79.9. The summed E-state index contributed by atoms with van der Waals surface area (Å²) in [6.45, 7) is 5.81. The van der Waals surface area contributed by atoms with Gasteiger partial charge in [-0.2, -0.15) is 0 Å². The molecule has 4 aromatic rings. The molecule has 0 N–H and O–H groups in total. The van der Waals surface area contributed by atoms with Crippen LogP contribution in [0.2, 0.25) is 0 Å². The quantitative estimate of drug-likeness (QED) is 0.136. The Hall–Kier alpha value is -4.49. The molecule has 13 heteroatoms. The first kappa shape index (κ1) is 30.0. The Morgan fingerprint density at radius 3 is 2.65 bits per heavy atom. The average Bonchev–Trinajstić information content (AvgIpc) is 3.57. The highest BCUT2D eigenvalue weighted by Crippen LogP contribution is 2.41.